The third kappa shape index (κ3) is 4.77. The summed E-state index contributed by atoms with van der Waals surface area (Å²) >= 11 is 1.28. The average Bonchev–Trinajstić information content (AvgIpc) is 3.08. The second-order valence-corrected chi connectivity index (χ2v) is 8.80. The molecule has 0 fully saturated rings. The number of hydrogen-bond donors (Lipinski definition) is 2. The van der Waals surface area contributed by atoms with Crippen molar-refractivity contribution < 1.29 is 22.7 Å². The van der Waals surface area contributed by atoms with Gasteiger partial charge in [0, 0.05) is 12.5 Å². The van der Waals surface area contributed by atoms with E-state index in [0.29, 0.717) is 28.5 Å². The summed E-state index contributed by atoms with van der Waals surface area (Å²) in [5.41, 5.74) is 1.04. The molecule has 2 aromatic carbocycles. The minimum atomic E-state index is -3.92. The van der Waals surface area contributed by atoms with Crippen molar-refractivity contribution in [1.82, 2.24) is 4.98 Å². The van der Waals surface area contributed by atoms with E-state index < -0.39 is 10.0 Å². The molecule has 154 valence electrons. The number of aromatic nitrogens is 1. The highest BCUT2D eigenvalue weighted by Gasteiger charge is 2.21. The van der Waals surface area contributed by atoms with Crippen LogP contribution >= 0.6 is 11.3 Å². The maximum absolute atomic E-state index is 12.9. The van der Waals surface area contributed by atoms with Crippen LogP contribution in [0, 0.1) is 0 Å². The lowest BCUT2D eigenvalue weighted by Gasteiger charge is -2.12. The van der Waals surface area contributed by atoms with Gasteiger partial charge in [0.2, 0.25) is 5.91 Å². The Labute approximate surface area is 172 Å². The molecule has 29 heavy (non-hydrogen) atoms. The highest BCUT2D eigenvalue weighted by atomic mass is 32.2. The zero-order chi connectivity index (χ0) is 21.0. The zero-order valence-electron chi connectivity index (χ0n) is 16.2. The van der Waals surface area contributed by atoms with E-state index in [1.807, 2.05) is 6.92 Å². The molecule has 0 radical (unpaired) electrons. The smallest absolute Gasteiger partial charge is 0.265 e. The van der Waals surface area contributed by atoms with Gasteiger partial charge in [-0.15, -0.1) is 0 Å². The number of benzene rings is 2. The summed E-state index contributed by atoms with van der Waals surface area (Å²) in [5, 5.41) is 3.23. The van der Waals surface area contributed by atoms with Crippen molar-refractivity contribution in [2.75, 3.05) is 24.3 Å². The molecule has 0 aliphatic heterocycles. The molecule has 1 amide bonds. The highest BCUT2D eigenvalue weighted by Crippen LogP contribution is 2.32. The van der Waals surface area contributed by atoms with E-state index in [2.05, 4.69) is 15.0 Å². The highest BCUT2D eigenvalue weighted by molar-refractivity contribution is 7.92. The minimum absolute atomic E-state index is 0.0312. The molecule has 10 heteroatoms. The summed E-state index contributed by atoms with van der Waals surface area (Å²) in [4.78, 5) is 16.1. The Kier molecular flexibility index (Phi) is 6.23. The van der Waals surface area contributed by atoms with Crippen molar-refractivity contribution in [3.8, 4) is 11.5 Å². The number of sulfonamides is 1. The van der Waals surface area contributed by atoms with Gasteiger partial charge >= 0.3 is 0 Å². The summed E-state index contributed by atoms with van der Waals surface area (Å²) in [6, 6.07) is 9.53. The fourth-order valence-corrected chi connectivity index (χ4v) is 4.81. The quantitative estimate of drug-likeness (QED) is 0.557. The standard InChI is InChI=1S/C19H21N3O5S2/c1-4-5-18(23)21-19-20-14-8-6-12(10-16(14)28-19)22-29(24,25)17-11-13(26-2)7-9-15(17)27-3/h6-11,22H,4-5H2,1-3H3,(H,20,21,23). The Morgan fingerprint density at radius 3 is 2.62 bits per heavy atom. The number of anilines is 2. The maximum Gasteiger partial charge on any atom is 0.265 e. The van der Waals surface area contributed by atoms with E-state index in [-0.39, 0.29) is 16.6 Å². The molecule has 1 heterocycles. The Balaban J connectivity index is 1.88. The van der Waals surface area contributed by atoms with Crippen LogP contribution in [0.2, 0.25) is 0 Å². The average molecular weight is 436 g/mol. The topological polar surface area (TPSA) is 107 Å². The summed E-state index contributed by atoms with van der Waals surface area (Å²) in [7, 11) is -1.06. The van der Waals surface area contributed by atoms with E-state index >= 15 is 0 Å². The number of fused-ring (bicyclic) bond motifs is 1. The molecule has 0 saturated heterocycles. The Hall–Kier alpha value is -2.85. The van der Waals surface area contributed by atoms with Crippen molar-refractivity contribution in [1.29, 1.82) is 0 Å². The number of thiazole rings is 1. The first-order valence-corrected chi connectivity index (χ1v) is 11.1. The van der Waals surface area contributed by atoms with Crippen LogP contribution in [0.1, 0.15) is 19.8 Å². The van der Waals surface area contributed by atoms with Gasteiger partial charge in [-0.25, -0.2) is 13.4 Å². The first-order chi connectivity index (χ1) is 13.9. The lowest BCUT2D eigenvalue weighted by atomic mass is 10.3. The molecule has 0 saturated carbocycles. The Morgan fingerprint density at radius 1 is 1.14 bits per heavy atom. The maximum atomic E-state index is 12.9. The van der Waals surface area contributed by atoms with E-state index in [1.54, 1.807) is 24.3 Å². The number of rotatable bonds is 8. The lowest BCUT2D eigenvalue weighted by molar-refractivity contribution is -0.116. The molecule has 0 bridgehead atoms. The number of nitrogens with zero attached hydrogens (tertiary/aromatic N) is 1. The number of ether oxygens (including phenoxy) is 2. The fraction of sp³-hybridized carbons (Fsp3) is 0.263. The first-order valence-electron chi connectivity index (χ1n) is 8.81. The third-order valence-corrected chi connectivity index (χ3v) is 6.36. The van der Waals surface area contributed by atoms with Gasteiger partial charge in [0.15, 0.2) is 5.13 Å². The molecule has 8 nitrogen and oxygen atoms in total. The van der Waals surface area contributed by atoms with Crippen molar-refractivity contribution in [2.24, 2.45) is 0 Å². The van der Waals surface area contributed by atoms with E-state index in [9.17, 15) is 13.2 Å². The number of methoxy groups -OCH3 is 2. The van der Waals surface area contributed by atoms with E-state index in [1.165, 1.54) is 37.7 Å². The van der Waals surface area contributed by atoms with Gasteiger partial charge in [0.25, 0.3) is 10.0 Å². The predicted octanol–water partition coefficient (Wildman–Crippen LogP) is 3.85. The molecule has 3 aromatic rings. The van der Waals surface area contributed by atoms with Crippen molar-refractivity contribution in [2.45, 2.75) is 24.7 Å². The van der Waals surface area contributed by atoms with Crippen LogP contribution in [0.25, 0.3) is 10.2 Å². The number of amides is 1. The third-order valence-electron chi connectivity index (χ3n) is 4.02. The molecule has 0 atom stereocenters. The first kappa shape index (κ1) is 20.9. The zero-order valence-corrected chi connectivity index (χ0v) is 17.8. The summed E-state index contributed by atoms with van der Waals surface area (Å²) in [6.45, 7) is 1.92. The van der Waals surface area contributed by atoms with Crippen LogP contribution in [0.4, 0.5) is 10.8 Å². The molecule has 0 aliphatic rings. The largest absolute Gasteiger partial charge is 0.497 e. The molecule has 0 aliphatic carbocycles. The van der Waals surface area contributed by atoms with E-state index in [4.69, 9.17) is 9.47 Å². The number of carbonyl (C=O) groups excluding carboxylic acids is 1. The van der Waals surface area contributed by atoms with Crippen LogP contribution < -0.4 is 19.5 Å². The number of nitrogens with one attached hydrogen (secondary N) is 2. The van der Waals surface area contributed by atoms with Gasteiger partial charge in [-0.2, -0.15) is 0 Å². The second-order valence-electron chi connectivity index (χ2n) is 6.12. The Morgan fingerprint density at radius 2 is 1.93 bits per heavy atom. The van der Waals surface area contributed by atoms with E-state index in [0.717, 1.165) is 11.1 Å². The van der Waals surface area contributed by atoms with Gasteiger partial charge in [-0.05, 0) is 36.8 Å². The van der Waals surface area contributed by atoms with Crippen molar-refractivity contribution >= 4 is 48.3 Å². The monoisotopic (exact) mass is 435 g/mol. The van der Waals surface area contributed by atoms with Crippen LogP contribution in [0.15, 0.2) is 41.3 Å². The molecule has 3 rings (SSSR count). The van der Waals surface area contributed by atoms with Gasteiger partial charge < -0.3 is 14.8 Å². The molecule has 2 N–H and O–H groups in total. The lowest BCUT2D eigenvalue weighted by Crippen LogP contribution is -2.14. The predicted molar refractivity (Wildman–Crippen MR) is 114 cm³/mol. The van der Waals surface area contributed by atoms with Gasteiger partial charge in [-0.3, -0.25) is 9.52 Å². The molecule has 0 unspecified atom stereocenters. The summed E-state index contributed by atoms with van der Waals surface area (Å²) < 4.78 is 39.4. The number of carbonyl (C=O) groups is 1. The number of hydrogen-bond acceptors (Lipinski definition) is 7. The Bertz CT molecular complexity index is 1140. The van der Waals surface area contributed by atoms with Crippen LogP contribution in [-0.2, 0) is 14.8 Å². The van der Waals surface area contributed by atoms with Crippen LogP contribution in [0.5, 0.6) is 11.5 Å². The minimum Gasteiger partial charge on any atom is -0.497 e. The van der Waals surface area contributed by atoms with Crippen molar-refractivity contribution in [3.05, 3.63) is 36.4 Å². The normalized spacial score (nSPS) is 11.3. The molecule has 1 aromatic heterocycles. The van der Waals surface area contributed by atoms with Gasteiger partial charge in [0.1, 0.15) is 16.4 Å². The van der Waals surface area contributed by atoms with Gasteiger partial charge in [-0.1, -0.05) is 18.3 Å². The second kappa shape index (κ2) is 8.66. The van der Waals surface area contributed by atoms with Crippen LogP contribution in [-0.4, -0.2) is 33.5 Å². The summed E-state index contributed by atoms with van der Waals surface area (Å²) in [6.07, 6.45) is 1.17. The molecule has 0 spiro atoms. The van der Waals surface area contributed by atoms with Crippen LogP contribution in [0.3, 0.4) is 0 Å². The SMILES string of the molecule is CCCC(=O)Nc1nc2ccc(NS(=O)(=O)c3cc(OC)ccc3OC)cc2s1. The fourth-order valence-electron chi connectivity index (χ4n) is 2.65. The summed E-state index contributed by atoms with van der Waals surface area (Å²) in [5.74, 6) is 0.507. The molecular formula is C19H21N3O5S2. The van der Waals surface area contributed by atoms with Gasteiger partial charge in [0.05, 0.1) is 30.1 Å². The molecular weight excluding hydrogens is 414 g/mol. The van der Waals surface area contributed by atoms with Crippen molar-refractivity contribution in [3.63, 3.8) is 0 Å².